The molecule has 0 saturated carbocycles. The SMILES string of the molecule is CC(C)(C(=O)N1CCNCC1)c1ccc([N+](=O)[O-])cc1. The second-order valence-corrected chi connectivity index (χ2v) is 5.47. The van der Waals surface area contributed by atoms with E-state index in [0.29, 0.717) is 13.1 Å². The summed E-state index contributed by atoms with van der Waals surface area (Å²) in [5, 5.41) is 13.9. The number of hydrogen-bond donors (Lipinski definition) is 1. The van der Waals surface area contributed by atoms with E-state index in [2.05, 4.69) is 5.32 Å². The van der Waals surface area contributed by atoms with E-state index in [1.165, 1.54) is 12.1 Å². The van der Waals surface area contributed by atoms with Crippen molar-refractivity contribution in [1.82, 2.24) is 10.2 Å². The lowest BCUT2D eigenvalue weighted by molar-refractivity contribution is -0.384. The van der Waals surface area contributed by atoms with Crippen LogP contribution in [0.15, 0.2) is 24.3 Å². The molecule has 1 amide bonds. The number of carbonyl (C=O) groups is 1. The Kier molecular flexibility index (Phi) is 4.04. The van der Waals surface area contributed by atoms with Gasteiger partial charge in [0.2, 0.25) is 5.91 Å². The van der Waals surface area contributed by atoms with Crippen LogP contribution in [0.25, 0.3) is 0 Å². The smallest absolute Gasteiger partial charge is 0.269 e. The normalized spacial score (nSPS) is 16.0. The number of hydrogen-bond acceptors (Lipinski definition) is 4. The maximum atomic E-state index is 12.6. The number of piperazine rings is 1. The zero-order valence-corrected chi connectivity index (χ0v) is 11.8. The number of nitro benzene ring substituents is 1. The lowest BCUT2D eigenvalue weighted by atomic mass is 9.83. The van der Waals surface area contributed by atoms with Gasteiger partial charge in [-0.15, -0.1) is 0 Å². The monoisotopic (exact) mass is 277 g/mol. The van der Waals surface area contributed by atoms with E-state index < -0.39 is 10.3 Å². The van der Waals surface area contributed by atoms with Crippen molar-refractivity contribution in [2.24, 2.45) is 0 Å². The number of amides is 1. The summed E-state index contributed by atoms with van der Waals surface area (Å²) in [4.78, 5) is 24.7. The molecule has 1 aromatic rings. The van der Waals surface area contributed by atoms with Crippen LogP contribution in [0.5, 0.6) is 0 Å². The van der Waals surface area contributed by atoms with Crippen molar-refractivity contribution in [3.63, 3.8) is 0 Å². The Morgan fingerprint density at radius 3 is 2.30 bits per heavy atom. The van der Waals surface area contributed by atoms with Gasteiger partial charge < -0.3 is 10.2 Å². The first-order chi connectivity index (χ1) is 9.43. The third-order valence-corrected chi connectivity index (χ3v) is 3.74. The molecule has 1 aliphatic heterocycles. The number of nitrogens with one attached hydrogen (secondary N) is 1. The fourth-order valence-electron chi connectivity index (χ4n) is 2.39. The maximum absolute atomic E-state index is 12.6. The van der Waals surface area contributed by atoms with E-state index >= 15 is 0 Å². The highest BCUT2D eigenvalue weighted by Crippen LogP contribution is 2.27. The number of nitro groups is 1. The van der Waals surface area contributed by atoms with Gasteiger partial charge in [-0.3, -0.25) is 14.9 Å². The molecule has 1 aliphatic rings. The molecule has 108 valence electrons. The Labute approximate surface area is 117 Å². The summed E-state index contributed by atoms with van der Waals surface area (Å²) in [6.07, 6.45) is 0. The summed E-state index contributed by atoms with van der Waals surface area (Å²) in [5.41, 5.74) is 0.165. The van der Waals surface area contributed by atoms with Gasteiger partial charge >= 0.3 is 0 Å². The van der Waals surface area contributed by atoms with Crippen molar-refractivity contribution in [2.75, 3.05) is 26.2 Å². The molecular formula is C14H19N3O3. The number of rotatable bonds is 3. The molecule has 1 N–H and O–H groups in total. The molecule has 0 radical (unpaired) electrons. The molecule has 0 unspecified atom stereocenters. The van der Waals surface area contributed by atoms with Crippen LogP contribution in [-0.4, -0.2) is 41.9 Å². The van der Waals surface area contributed by atoms with Crippen molar-refractivity contribution < 1.29 is 9.72 Å². The minimum absolute atomic E-state index is 0.0409. The van der Waals surface area contributed by atoms with Gasteiger partial charge in [-0.2, -0.15) is 0 Å². The van der Waals surface area contributed by atoms with Crippen LogP contribution in [-0.2, 0) is 10.2 Å². The Morgan fingerprint density at radius 1 is 1.25 bits per heavy atom. The average Bonchev–Trinajstić information content (AvgIpc) is 2.47. The quantitative estimate of drug-likeness (QED) is 0.667. The predicted octanol–water partition coefficient (Wildman–Crippen LogP) is 1.30. The second kappa shape index (κ2) is 5.58. The molecule has 1 saturated heterocycles. The highest BCUT2D eigenvalue weighted by molar-refractivity contribution is 5.87. The standard InChI is InChI=1S/C14H19N3O3/c1-14(2,13(18)16-9-7-15-8-10-16)11-3-5-12(6-4-11)17(19)20/h3-6,15H,7-10H2,1-2H3. The molecule has 1 fully saturated rings. The molecule has 0 spiro atoms. The van der Waals surface area contributed by atoms with E-state index in [0.717, 1.165) is 18.7 Å². The van der Waals surface area contributed by atoms with Crippen LogP contribution in [0.1, 0.15) is 19.4 Å². The predicted molar refractivity (Wildman–Crippen MR) is 75.6 cm³/mol. The Hall–Kier alpha value is -1.95. The summed E-state index contributed by atoms with van der Waals surface area (Å²) in [6, 6.07) is 6.22. The van der Waals surface area contributed by atoms with Gasteiger partial charge in [0.1, 0.15) is 0 Å². The van der Waals surface area contributed by atoms with Crippen molar-refractivity contribution in [3.8, 4) is 0 Å². The molecule has 1 heterocycles. The molecule has 0 aliphatic carbocycles. The van der Waals surface area contributed by atoms with E-state index in [1.807, 2.05) is 18.7 Å². The molecule has 0 atom stereocenters. The van der Waals surface area contributed by atoms with E-state index in [-0.39, 0.29) is 11.6 Å². The molecule has 0 aromatic heterocycles. The molecule has 6 nitrogen and oxygen atoms in total. The van der Waals surface area contributed by atoms with Gasteiger partial charge in [0, 0.05) is 38.3 Å². The molecule has 0 bridgehead atoms. The largest absolute Gasteiger partial charge is 0.339 e. The van der Waals surface area contributed by atoms with Crippen molar-refractivity contribution >= 4 is 11.6 Å². The van der Waals surface area contributed by atoms with Crippen LogP contribution < -0.4 is 5.32 Å². The fourth-order valence-corrected chi connectivity index (χ4v) is 2.39. The first-order valence-corrected chi connectivity index (χ1v) is 6.68. The minimum atomic E-state index is -0.674. The van der Waals surface area contributed by atoms with Crippen LogP contribution in [0.4, 0.5) is 5.69 Å². The maximum Gasteiger partial charge on any atom is 0.269 e. The number of non-ortho nitro benzene ring substituents is 1. The molecule has 20 heavy (non-hydrogen) atoms. The van der Waals surface area contributed by atoms with Crippen LogP contribution in [0.2, 0.25) is 0 Å². The summed E-state index contributed by atoms with van der Waals surface area (Å²) >= 11 is 0. The topological polar surface area (TPSA) is 75.5 Å². The van der Waals surface area contributed by atoms with Crippen molar-refractivity contribution in [2.45, 2.75) is 19.3 Å². The number of nitrogens with zero attached hydrogens (tertiary/aromatic N) is 2. The highest BCUT2D eigenvalue weighted by Gasteiger charge is 2.34. The van der Waals surface area contributed by atoms with Crippen molar-refractivity contribution in [1.29, 1.82) is 0 Å². The lowest BCUT2D eigenvalue weighted by Crippen LogP contribution is -2.51. The molecule has 6 heteroatoms. The molecule has 1 aromatic carbocycles. The van der Waals surface area contributed by atoms with Gasteiger partial charge in [0.05, 0.1) is 10.3 Å². The first-order valence-electron chi connectivity index (χ1n) is 6.68. The van der Waals surface area contributed by atoms with E-state index in [9.17, 15) is 14.9 Å². The van der Waals surface area contributed by atoms with Gasteiger partial charge in [0.25, 0.3) is 5.69 Å². The van der Waals surface area contributed by atoms with E-state index in [1.54, 1.807) is 12.1 Å². The number of carbonyl (C=O) groups excluding carboxylic acids is 1. The Balaban J connectivity index is 2.19. The minimum Gasteiger partial charge on any atom is -0.339 e. The van der Waals surface area contributed by atoms with E-state index in [4.69, 9.17) is 0 Å². The van der Waals surface area contributed by atoms with Gasteiger partial charge in [-0.1, -0.05) is 12.1 Å². The van der Waals surface area contributed by atoms with Crippen LogP contribution in [0, 0.1) is 10.1 Å². The average molecular weight is 277 g/mol. The summed E-state index contributed by atoms with van der Waals surface area (Å²) in [6.45, 7) is 6.74. The van der Waals surface area contributed by atoms with Gasteiger partial charge in [-0.25, -0.2) is 0 Å². The first kappa shape index (κ1) is 14.5. The fraction of sp³-hybridized carbons (Fsp3) is 0.500. The Morgan fingerprint density at radius 2 is 1.80 bits per heavy atom. The van der Waals surface area contributed by atoms with Gasteiger partial charge in [0.15, 0.2) is 0 Å². The summed E-state index contributed by atoms with van der Waals surface area (Å²) in [7, 11) is 0. The third kappa shape index (κ3) is 2.80. The summed E-state index contributed by atoms with van der Waals surface area (Å²) < 4.78 is 0. The second-order valence-electron chi connectivity index (χ2n) is 5.47. The van der Waals surface area contributed by atoms with Crippen LogP contribution >= 0.6 is 0 Å². The zero-order valence-electron chi connectivity index (χ0n) is 11.8. The molecule has 2 rings (SSSR count). The van der Waals surface area contributed by atoms with Crippen LogP contribution in [0.3, 0.4) is 0 Å². The molecular weight excluding hydrogens is 258 g/mol. The zero-order chi connectivity index (χ0) is 14.8. The number of benzene rings is 1. The Bertz CT molecular complexity index is 505. The third-order valence-electron chi connectivity index (χ3n) is 3.74. The lowest BCUT2D eigenvalue weighted by Gasteiger charge is -2.34. The van der Waals surface area contributed by atoms with Gasteiger partial charge in [-0.05, 0) is 19.4 Å². The van der Waals surface area contributed by atoms with Crippen molar-refractivity contribution in [3.05, 3.63) is 39.9 Å². The summed E-state index contributed by atoms with van der Waals surface area (Å²) in [5.74, 6) is 0.0628. The highest BCUT2D eigenvalue weighted by atomic mass is 16.6.